The van der Waals surface area contributed by atoms with Crippen molar-refractivity contribution in [2.24, 2.45) is 4.99 Å². The Labute approximate surface area is 144 Å². The number of hydrogen-bond acceptors (Lipinski definition) is 3. The summed E-state index contributed by atoms with van der Waals surface area (Å²) in [4.78, 5) is 7.08. The maximum absolute atomic E-state index is 5.30. The zero-order chi connectivity index (χ0) is 14.2. The van der Waals surface area contributed by atoms with Crippen LogP contribution in [0.4, 0.5) is 0 Å². The fourth-order valence-corrected chi connectivity index (χ4v) is 2.66. The van der Waals surface area contributed by atoms with Gasteiger partial charge in [0.1, 0.15) is 12.3 Å². The predicted octanol–water partition coefficient (Wildman–Crippen LogP) is 2.44. The fourth-order valence-electron chi connectivity index (χ4n) is 2.66. The molecule has 0 aromatic carbocycles. The molecule has 1 aromatic heterocycles. The SMILES string of the molecule is CCNC(=NCc1ccco1)NCC1CCCN1CC.I. The first-order valence-corrected chi connectivity index (χ1v) is 7.62. The van der Waals surface area contributed by atoms with Gasteiger partial charge in [0.05, 0.1) is 6.26 Å². The van der Waals surface area contributed by atoms with Crippen molar-refractivity contribution < 1.29 is 4.42 Å². The molecule has 1 atom stereocenters. The fraction of sp³-hybridized carbons (Fsp3) is 0.667. The number of aliphatic imine (C=N–C) groups is 1. The molecule has 0 amide bonds. The molecule has 0 aliphatic carbocycles. The lowest BCUT2D eigenvalue weighted by Gasteiger charge is -2.23. The minimum atomic E-state index is 0. The second kappa shape index (κ2) is 10.0. The van der Waals surface area contributed by atoms with Gasteiger partial charge in [0.15, 0.2) is 5.96 Å². The molecule has 1 fully saturated rings. The van der Waals surface area contributed by atoms with Crippen molar-refractivity contribution in [2.75, 3.05) is 26.2 Å². The number of likely N-dealkylation sites (tertiary alicyclic amines) is 1. The molecule has 2 N–H and O–H groups in total. The highest BCUT2D eigenvalue weighted by atomic mass is 127. The molecule has 6 heteroatoms. The van der Waals surface area contributed by atoms with E-state index in [1.807, 2.05) is 12.1 Å². The van der Waals surface area contributed by atoms with E-state index in [-0.39, 0.29) is 24.0 Å². The van der Waals surface area contributed by atoms with Crippen molar-refractivity contribution in [2.45, 2.75) is 39.3 Å². The number of nitrogens with zero attached hydrogens (tertiary/aromatic N) is 2. The Balaban J connectivity index is 0.00000220. The van der Waals surface area contributed by atoms with Crippen LogP contribution in [-0.2, 0) is 6.54 Å². The van der Waals surface area contributed by atoms with E-state index in [4.69, 9.17) is 4.42 Å². The van der Waals surface area contributed by atoms with E-state index in [1.54, 1.807) is 6.26 Å². The number of rotatable bonds is 6. The van der Waals surface area contributed by atoms with Gasteiger partial charge in [0.25, 0.3) is 0 Å². The summed E-state index contributed by atoms with van der Waals surface area (Å²) in [6, 6.07) is 4.47. The number of hydrogen-bond donors (Lipinski definition) is 2. The number of halogens is 1. The van der Waals surface area contributed by atoms with Crippen LogP contribution in [0.2, 0.25) is 0 Å². The molecule has 5 nitrogen and oxygen atoms in total. The summed E-state index contributed by atoms with van der Waals surface area (Å²) in [5.41, 5.74) is 0. The predicted molar refractivity (Wildman–Crippen MR) is 97.2 cm³/mol. The highest BCUT2D eigenvalue weighted by Crippen LogP contribution is 2.15. The summed E-state index contributed by atoms with van der Waals surface area (Å²) in [5.74, 6) is 1.75. The first-order chi connectivity index (χ1) is 9.83. The average molecular weight is 406 g/mol. The molecule has 120 valence electrons. The minimum absolute atomic E-state index is 0. The molecular formula is C15H27IN4O. The van der Waals surface area contributed by atoms with Gasteiger partial charge in [-0.2, -0.15) is 0 Å². The Bertz CT molecular complexity index is 408. The Kier molecular flexibility index (Phi) is 8.75. The highest BCUT2D eigenvalue weighted by molar-refractivity contribution is 14.0. The van der Waals surface area contributed by atoms with Crippen LogP contribution in [0.1, 0.15) is 32.4 Å². The quantitative estimate of drug-likeness (QED) is 0.433. The maximum atomic E-state index is 5.30. The van der Waals surface area contributed by atoms with E-state index in [1.165, 1.54) is 19.4 Å². The summed E-state index contributed by atoms with van der Waals surface area (Å²) in [7, 11) is 0. The van der Waals surface area contributed by atoms with Crippen LogP contribution in [0, 0.1) is 0 Å². The molecule has 1 unspecified atom stereocenters. The van der Waals surface area contributed by atoms with Crippen molar-refractivity contribution in [3.05, 3.63) is 24.2 Å². The van der Waals surface area contributed by atoms with Crippen molar-refractivity contribution in [1.82, 2.24) is 15.5 Å². The van der Waals surface area contributed by atoms with Crippen LogP contribution in [0.5, 0.6) is 0 Å². The first kappa shape index (κ1) is 18.3. The number of furan rings is 1. The summed E-state index contributed by atoms with van der Waals surface area (Å²) in [5, 5.41) is 6.73. The van der Waals surface area contributed by atoms with Gasteiger partial charge in [-0.25, -0.2) is 4.99 Å². The monoisotopic (exact) mass is 406 g/mol. The molecule has 2 rings (SSSR count). The summed E-state index contributed by atoms with van der Waals surface area (Å²) in [6.07, 6.45) is 4.27. The Morgan fingerprint density at radius 3 is 2.95 bits per heavy atom. The second-order valence-electron chi connectivity index (χ2n) is 5.08. The standard InChI is InChI=1S/C15H26N4O.HI/c1-3-16-15(18-12-14-8-6-10-20-14)17-11-13-7-5-9-19(13)4-2;/h6,8,10,13H,3-5,7,9,11-12H2,1-2H3,(H2,16,17,18);1H. The normalized spacial score (nSPS) is 19.3. The Hall–Kier alpha value is -0.760. The van der Waals surface area contributed by atoms with E-state index in [0.717, 1.165) is 31.4 Å². The second-order valence-corrected chi connectivity index (χ2v) is 5.08. The zero-order valence-electron chi connectivity index (χ0n) is 13.0. The number of guanidine groups is 1. The van der Waals surface area contributed by atoms with E-state index >= 15 is 0 Å². The van der Waals surface area contributed by atoms with Gasteiger partial charge in [-0.15, -0.1) is 24.0 Å². The highest BCUT2D eigenvalue weighted by Gasteiger charge is 2.22. The Morgan fingerprint density at radius 1 is 1.43 bits per heavy atom. The molecule has 21 heavy (non-hydrogen) atoms. The van der Waals surface area contributed by atoms with Gasteiger partial charge in [0.2, 0.25) is 0 Å². The third kappa shape index (κ3) is 5.86. The first-order valence-electron chi connectivity index (χ1n) is 7.62. The van der Waals surface area contributed by atoms with Crippen LogP contribution < -0.4 is 10.6 Å². The zero-order valence-corrected chi connectivity index (χ0v) is 15.3. The smallest absolute Gasteiger partial charge is 0.191 e. The van der Waals surface area contributed by atoms with Crippen molar-refractivity contribution >= 4 is 29.9 Å². The van der Waals surface area contributed by atoms with Crippen LogP contribution in [0.3, 0.4) is 0 Å². The molecule has 1 aliphatic rings. The van der Waals surface area contributed by atoms with Crippen molar-refractivity contribution in [1.29, 1.82) is 0 Å². The molecule has 1 saturated heterocycles. The van der Waals surface area contributed by atoms with Crippen molar-refractivity contribution in [3.63, 3.8) is 0 Å². The lowest BCUT2D eigenvalue weighted by atomic mass is 10.2. The van der Waals surface area contributed by atoms with E-state index in [9.17, 15) is 0 Å². The average Bonchev–Trinajstić information content (AvgIpc) is 3.12. The van der Waals surface area contributed by atoms with E-state index < -0.39 is 0 Å². The van der Waals surface area contributed by atoms with Crippen LogP contribution in [0.15, 0.2) is 27.8 Å². The summed E-state index contributed by atoms with van der Waals surface area (Å²) >= 11 is 0. The molecule has 1 aliphatic heterocycles. The third-order valence-corrected chi connectivity index (χ3v) is 3.73. The van der Waals surface area contributed by atoms with Gasteiger partial charge in [-0.05, 0) is 45.0 Å². The van der Waals surface area contributed by atoms with Gasteiger partial charge < -0.3 is 15.1 Å². The molecule has 2 heterocycles. The van der Waals surface area contributed by atoms with Gasteiger partial charge in [-0.3, -0.25) is 4.90 Å². The molecular weight excluding hydrogens is 379 g/mol. The van der Waals surface area contributed by atoms with Crippen LogP contribution in [-0.4, -0.2) is 43.1 Å². The number of nitrogens with one attached hydrogen (secondary N) is 2. The van der Waals surface area contributed by atoms with Gasteiger partial charge in [-0.1, -0.05) is 6.92 Å². The lowest BCUT2D eigenvalue weighted by molar-refractivity contribution is 0.267. The molecule has 1 aromatic rings. The lowest BCUT2D eigenvalue weighted by Crippen LogP contribution is -2.44. The Morgan fingerprint density at radius 2 is 2.29 bits per heavy atom. The molecule has 0 saturated carbocycles. The number of likely N-dealkylation sites (N-methyl/N-ethyl adjacent to an activating group) is 1. The summed E-state index contributed by atoms with van der Waals surface area (Å²) < 4.78 is 5.30. The molecule has 0 bridgehead atoms. The molecule has 0 radical (unpaired) electrons. The van der Waals surface area contributed by atoms with Gasteiger partial charge in [0, 0.05) is 19.1 Å². The van der Waals surface area contributed by atoms with Gasteiger partial charge >= 0.3 is 0 Å². The maximum Gasteiger partial charge on any atom is 0.191 e. The largest absolute Gasteiger partial charge is 0.467 e. The van der Waals surface area contributed by atoms with Crippen LogP contribution >= 0.6 is 24.0 Å². The topological polar surface area (TPSA) is 52.8 Å². The summed E-state index contributed by atoms with van der Waals surface area (Å²) in [6.45, 7) is 9.07. The van der Waals surface area contributed by atoms with Crippen LogP contribution in [0.25, 0.3) is 0 Å². The van der Waals surface area contributed by atoms with E-state index in [2.05, 4.69) is 34.4 Å². The van der Waals surface area contributed by atoms with E-state index in [0.29, 0.717) is 12.6 Å². The molecule has 0 spiro atoms. The minimum Gasteiger partial charge on any atom is -0.467 e. The van der Waals surface area contributed by atoms with Crippen molar-refractivity contribution in [3.8, 4) is 0 Å². The third-order valence-electron chi connectivity index (χ3n) is 3.73.